The predicted octanol–water partition coefficient (Wildman–Crippen LogP) is 10.4. The van der Waals surface area contributed by atoms with E-state index in [0.717, 1.165) is 46.0 Å². The van der Waals surface area contributed by atoms with Crippen LogP contribution in [0.5, 0.6) is 0 Å². The maximum absolute atomic E-state index is 8.89. The number of carboxylic acids is 1. The summed E-state index contributed by atoms with van der Waals surface area (Å²) < 4.78 is 17.9. The molecule has 0 aromatic carbocycles. The second-order valence-electron chi connectivity index (χ2n) is 11.8. The van der Waals surface area contributed by atoms with E-state index in [2.05, 4.69) is 20.8 Å². The molecule has 0 atom stereocenters. The second kappa shape index (κ2) is 39.6. The zero-order chi connectivity index (χ0) is 30.5. The van der Waals surface area contributed by atoms with E-state index >= 15 is 0 Å². The van der Waals surface area contributed by atoms with Gasteiger partial charge < -0.3 is 9.90 Å². The molecule has 0 radical (unpaired) electrons. The van der Waals surface area contributed by atoms with E-state index in [4.69, 9.17) is 23.2 Å². The van der Waals surface area contributed by atoms with E-state index in [1.807, 2.05) is 0 Å². The number of unbranched alkanes of at least 4 members (excludes halogenated alkanes) is 24. The molecule has 0 saturated heterocycles. The molecule has 0 bridgehead atoms. The highest BCUT2D eigenvalue weighted by Crippen LogP contribution is 2.14. The Morgan fingerprint density at radius 2 is 0.634 bits per heavy atom. The Morgan fingerprint density at radius 3 is 0.878 bits per heavy atom. The summed E-state index contributed by atoms with van der Waals surface area (Å²) in [5.74, 6) is -1.08. The van der Waals surface area contributed by atoms with Gasteiger partial charge in [0.05, 0.1) is 19.8 Å². The van der Waals surface area contributed by atoms with Crippen molar-refractivity contribution in [1.29, 1.82) is 0 Å². The van der Waals surface area contributed by atoms with Crippen molar-refractivity contribution in [3.8, 4) is 0 Å². The van der Waals surface area contributed by atoms with Gasteiger partial charge in [-0.2, -0.15) is 13.3 Å². The number of hydrogen-bond donors (Lipinski definition) is 0. The Labute approximate surface area is 259 Å². The molecule has 0 rings (SSSR count). The van der Waals surface area contributed by atoms with Gasteiger partial charge in [0.2, 0.25) is 0 Å². The minimum atomic E-state index is -1.54. The predicted molar refractivity (Wildman–Crippen MR) is 176 cm³/mol. The molecule has 0 saturated carbocycles. The number of carbonyl (C=O) groups excluding carboxylic acids is 1. The highest BCUT2D eigenvalue weighted by Gasteiger charge is 2.36. The SMILES string of the molecule is CC(=O)[O-].CCCCCCCCCCCCCCCCCCO[Si+](OCCC)OCCCCCCCCCCCC. The van der Waals surface area contributed by atoms with Crippen LogP contribution in [0.25, 0.3) is 0 Å². The first-order chi connectivity index (χ1) is 20.1. The molecule has 0 aromatic rings. The highest BCUT2D eigenvalue weighted by atomic mass is 28.3. The van der Waals surface area contributed by atoms with Crippen LogP contribution in [0.2, 0.25) is 0 Å². The van der Waals surface area contributed by atoms with Crippen LogP contribution in [0.1, 0.15) is 201 Å². The van der Waals surface area contributed by atoms with Crippen molar-refractivity contribution in [2.24, 2.45) is 0 Å². The quantitative estimate of drug-likeness (QED) is 0.0553. The molecule has 0 fully saturated rings. The van der Waals surface area contributed by atoms with Crippen LogP contribution in [0.15, 0.2) is 0 Å². The molecule has 6 heteroatoms. The van der Waals surface area contributed by atoms with Crippen molar-refractivity contribution >= 4 is 15.5 Å². The summed E-state index contributed by atoms with van der Waals surface area (Å²) in [7, 11) is -1.54. The van der Waals surface area contributed by atoms with Crippen LogP contribution in [-0.2, 0) is 18.1 Å². The van der Waals surface area contributed by atoms with E-state index in [1.165, 1.54) is 154 Å². The van der Waals surface area contributed by atoms with Crippen molar-refractivity contribution < 1.29 is 23.2 Å². The fourth-order valence-electron chi connectivity index (χ4n) is 4.86. The first kappa shape index (κ1) is 42.7. The summed E-state index contributed by atoms with van der Waals surface area (Å²) in [6.07, 6.45) is 37.0. The maximum atomic E-state index is 8.89. The van der Waals surface area contributed by atoms with E-state index in [0.29, 0.717) is 0 Å². The lowest BCUT2D eigenvalue weighted by Gasteiger charge is -2.04. The molecule has 0 aromatic heterocycles. The lowest BCUT2D eigenvalue weighted by atomic mass is 10.0. The maximum Gasteiger partial charge on any atom is 0.832 e. The summed E-state index contributed by atoms with van der Waals surface area (Å²) in [5.41, 5.74) is 0. The monoisotopic (exact) mass is 601 g/mol. The summed E-state index contributed by atoms with van der Waals surface area (Å²) in [4.78, 5) is 8.89. The fraction of sp³-hybridized carbons (Fsp3) is 0.971. The number of rotatable bonds is 33. The Bertz CT molecular complexity index is 473. The molecule has 0 heterocycles. The average molecular weight is 601 g/mol. The van der Waals surface area contributed by atoms with Gasteiger partial charge in [0.15, 0.2) is 0 Å². The molecule has 41 heavy (non-hydrogen) atoms. The van der Waals surface area contributed by atoms with Gasteiger partial charge in [-0.15, -0.1) is 0 Å². The van der Waals surface area contributed by atoms with Crippen molar-refractivity contribution in [2.75, 3.05) is 19.8 Å². The van der Waals surface area contributed by atoms with E-state index in [-0.39, 0.29) is 0 Å². The van der Waals surface area contributed by atoms with Crippen LogP contribution in [0.4, 0.5) is 0 Å². The van der Waals surface area contributed by atoms with Crippen LogP contribution in [-0.4, -0.2) is 35.3 Å². The van der Waals surface area contributed by atoms with E-state index in [1.54, 1.807) is 0 Å². The third kappa shape index (κ3) is 44.1. The van der Waals surface area contributed by atoms with Crippen molar-refractivity contribution in [1.82, 2.24) is 0 Å². The third-order valence-corrected chi connectivity index (χ3v) is 8.68. The van der Waals surface area contributed by atoms with Gasteiger partial charge in [-0.05, 0) is 26.2 Å². The molecule has 0 amide bonds. The topological polar surface area (TPSA) is 67.8 Å². The normalized spacial score (nSPS) is 10.9. The molecular formula is C35H72O5Si. The van der Waals surface area contributed by atoms with Crippen LogP contribution < -0.4 is 5.11 Å². The minimum absolute atomic E-state index is 0.755. The largest absolute Gasteiger partial charge is 0.832 e. The molecule has 0 N–H and O–H groups in total. The van der Waals surface area contributed by atoms with Gasteiger partial charge in [0.1, 0.15) is 0 Å². The molecule has 0 aliphatic heterocycles. The van der Waals surface area contributed by atoms with Crippen LogP contribution >= 0.6 is 0 Å². The molecule has 0 unspecified atom stereocenters. The molecule has 0 aliphatic carbocycles. The van der Waals surface area contributed by atoms with Crippen molar-refractivity contribution in [3.05, 3.63) is 0 Å². The Morgan fingerprint density at radius 1 is 0.415 bits per heavy atom. The third-order valence-electron chi connectivity index (χ3n) is 7.36. The van der Waals surface area contributed by atoms with Gasteiger partial charge in [-0.3, -0.25) is 0 Å². The summed E-state index contributed by atoms with van der Waals surface area (Å²) in [5, 5.41) is 8.89. The minimum Gasteiger partial charge on any atom is -0.550 e. The molecule has 0 spiro atoms. The number of carboxylic acid groups (broad SMARTS) is 1. The molecule has 246 valence electrons. The first-order valence-corrected chi connectivity index (χ1v) is 19.2. The van der Waals surface area contributed by atoms with Crippen LogP contribution in [0, 0.1) is 0 Å². The number of hydrogen-bond acceptors (Lipinski definition) is 5. The average Bonchev–Trinajstić information content (AvgIpc) is 2.95. The van der Waals surface area contributed by atoms with E-state index in [9.17, 15) is 0 Å². The first-order valence-electron chi connectivity index (χ1n) is 18.0. The van der Waals surface area contributed by atoms with E-state index < -0.39 is 15.5 Å². The zero-order valence-electron chi connectivity index (χ0n) is 28.3. The summed E-state index contributed by atoms with van der Waals surface area (Å²) in [6, 6.07) is 0. The number of carbonyl (C=O) groups is 1. The Kier molecular flexibility index (Phi) is 41.2. The smallest absolute Gasteiger partial charge is 0.550 e. The van der Waals surface area contributed by atoms with Crippen LogP contribution in [0.3, 0.4) is 0 Å². The van der Waals surface area contributed by atoms with Gasteiger partial charge in [0.25, 0.3) is 0 Å². The standard InChI is InChI=1S/C33H69O3Si.C2H4O2/c1-4-7-9-11-13-15-17-18-19-20-21-22-24-26-28-30-33-36-37(34-31-6-3)35-32-29-27-25-23-16-14-12-10-8-5-2;1-2(3)4/h4-33H2,1-3H3;1H3,(H,3,4)/q+1;/p-1. The van der Waals surface area contributed by atoms with Crippen molar-refractivity contribution in [2.45, 2.75) is 201 Å². The lowest BCUT2D eigenvalue weighted by Crippen LogP contribution is -2.28. The Balaban J connectivity index is 0. The number of aliphatic carboxylic acids is 1. The lowest BCUT2D eigenvalue weighted by molar-refractivity contribution is -0.302. The zero-order valence-corrected chi connectivity index (χ0v) is 29.3. The van der Waals surface area contributed by atoms with Gasteiger partial charge in [0, 0.05) is 5.97 Å². The van der Waals surface area contributed by atoms with Gasteiger partial charge in [-0.25, -0.2) is 0 Å². The molecule has 0 aliphatic rings. The summed E-state index contributed by atoms with van der Waals surface area (Å²) in [6.45, 7) is 10.1. The fourth-order valence-corrected chi connectivity index (χ4v) is 6.10. The molecule has 5 nitrogen and oxygen atoms in total. The highest BCUT2D eigenvalue weighted by molar-refractivity contribution is 6.36. The van der Waals surface area contributed by atoms with Gasteiger partial charge in [-0.1, -0.05) is 175 Å². The summed E-state index contributed by atoms with van der Waals surface area (Å²) >= 11 is 0. The second-order valence-corrected chi connectivity index (χ2v) is 13.1. The van der Waals surface area contributed by atoms with Crippen molar-refractivity contribution in [3.63, 3.8) is 0 Å². The molecular weight excluding hydrogens is 528 g/mol. The Hall–Kier alpha value is -0.433. The van der Waals surface area contributed by atoms with Gasteiger partial charge >= 0.3 is 9.53 Å².